The van der Waals surface area contributed by atoms with Gasteiger partial charge in [-0.05, 0) is 25.8 Å². The molecule has 3 rings (SSSR count). The van der Waals surface area contributed by atoms with E-state index in [1.807, 2.05) is 6.07 Å². The van der Waals surface area contributed by atoms with Gasteiger partial charge in [-0.1, -0.05) is 19.0 Å². The Morgan fingerprint density at radius 2 is 2.16 bits per heavy atom. The van der Waals surface area contributed by atoms with Crippen LogP contribution < -0.4 is 16.8 Å². The van der Waals surface area contributed by atoms with Gasteiger partial charge in [0.15, 0.2) is 11.7 Å². The molecule has 2 aliphatic rings. The molecule has 1 aromatic heterocycles. The summed E-state index contributed by atoms with van der Waals surface area (Å²) in [6.07, 6.45) is 4.13. The van der Waals surface area contributed by atoms with E-state index in [2.05, 4.69) is 41.3 Å². The number of nitrogens with two attached hydrogens (primary N) is 2. The van der Waals surface area contributed by atoms with Crippen LogP contribution in [0.5, 0.6) is 0 Å². The van der Waals surface area contributed by atoms with Gasteiger partial charge in [-0.15, -0.1) is 0 Å². The van der Waals surface area contributed by atoms with Crippen LogP contribution in [0.1, 0.15) is 44.1 Å². The van der Waals surface area contributed by atoms with Gasteiger partial charge in [-0.2, -0.15) is 0 Å². The largest absolute Gasteiger partial charge is 0.476 e. The fraction of sp³-hybridized carbons (Fsp3) is 0.647. The molecule has 1 saturated heterocycles. The minimum absolute atomic E-state index is 0.155. The van der Waals surface area contributed by atoms with Crippen molar-refractivity contribution in [2.75, 3.05) is 20.1 Å². The summed E-state index contributed by atoms with van der Waals surface area (Å²) in [5.41, 5.74) is 13.2. The van der Waals surface area contributed by atoms with Gasteiger partial charge >= 0.3 is 0 Å². The molecule has 0 amide bonds. The van der Waals surface area contributed by atoms with Gasteiger partial charge in [0.2, 0.25) is 0 Å². The third-order valence-electron chi connectivity index (χ3n) is 4.52. The topological polar surface area (TPSA) is 115 Å². The van der Waals surface area contributed by atoms with Crippen molar-refractivity contribution in [1.82, 2.24) is 15.4 Å². The van der Waals surface area contributed by atoms with Crippen LogP contribution in [-0.2, 0) is 11.2 Å². The quantitative estimate of drug-likeness (QED) is 0.723. The Morgan fingerprint density at radius 1 is 1.44 bits per heavy atom. The van der Waals surface area contributed by atoms with Gasteiger partial charge in [0.1, 0.15) is 17.7 Å². The molecule has 1 aromatic rings. The Hall–Kier alpha value is -2.06. The molecule has 138 valence electrons. The number of nitrogens with one attached hydrogen (secondary N) is 1. The van der Waals surface area contributed by atoms with Crippen LogP contribution in [-0.4, -0.2) is 47.9 Å². The van der Waals surface area contributed by atoms with Gasteiger partial charge in [0, 0.05) is 25.2 Å². The number of hydrogen-bond acceptors (Lipinski definition) is 8. The molecular formula is C17H28N6O2. The van der Waals surface area contributed by atoms with Crippen LogP contribution in [0.4, 0.5) is 0 Å². The molecule has 5 N–H and O–H groups in total. The molecule has 2 aliphatic heterocycles. The van der Waals surface area contributed by atoms with Gasteiger partial charge in [-0.3, -0.25) is 5.73 Å². The first kappa shape index (κ1) is 17.8. The Morgan fingerprint density at radius 3 is 2.80 bits per heavy atom. The van der Waals surface area contributed by atoms with Gasteiger partial charge in [0.05, 0.1) is 12.1 Å². The van der Waals surface area contributed by atoms with E-state index in [4.69, 9.17) is 20.7 Å². The lowest BCUT2D eigenvalue weighted by Crippen LogP contribution is -2.56. The molecule has 0 spiro atoms. The van der Waals surface area contributed by atoms with Crippen molar-refractivity contribution < 1.29 is 9.26 Å². The molecule has 1 unspecified atom stereocenters. The average Bonchev–Trinajstić information content (AvgIpc) is 2.96. The van der Waals surface area contributed by atoms with Crippen molar-refractivity contribution in [3.8, 4) is 0 Å². The highest BCUT2D eigenvalue weighted by molar-refractivity contribution is 5.92. The minimum atomic E-state index is -1.10. The Labute approximate surface area is 148 Å². The maximum atomic E-state index is 6.39. The lowest BCUT2D eigenvalue weighted by Gasteiger charge is -2.35. The van der Waals surface area contributed by atoms with Gasteiger partial charge in [-0.25, -0.2) is 4.99 Å². The average molecular weight is 348 g/mol. The smallest absolute Gasteiger partial charge is 0.194 e. The summed E-state index contributed by atoms with van der Waals surface area (Å²) in [5.74, 6) is 0.756. The predicted octanol–water partition coefficient (Wildman–Crippen LogP) is 0.866. The van der Waals surface area contributed by atoms with Crippen molar-refractivity contribution in [3.63, 3.8) is 0 Å². The van der Waals surface area contributed by atoms with Gasteiger partial charge in [0.25, 0.3) is 0 Å². The zero-order valence-corrected chi connectivity index (χ0v) is 15.2. The summed E-state index contributed by atoms with van der Waals surface area (Å²) < 4.78 is 11.4. The highest BCUT2D eigenvalue weighted by Crippen LogP contribution is 2.22. The Bertz CT molecular complexity index is 660. The Balaban J connectivity index is 1.65. The number of ether oxygens (including phenoxy) is 1. The lowest BCUT2D eigenvalue weighted by molar-refractivity contribution is 0.0398. The molecule has 1 atom stereocenters. The summed E-state index contributed by atoms with van der Waals surface area (Å²) in [6.45, 7) is 6.16. The normalized spacial score (nSPS) is 25.5. The summed E-state index contributed by atoms with van der Waals surface area (Å²) >= 11 is 0. The first-order chi connectivity index (χ1) is 11.8. The molecule has 1 fully saturated rings. The maximum absolute atomic E-state index is 6.39. The molecule has 25 heavy (non-hydrogen) atoms. The van der Waals surface area contributed by atoms with Crippen molar-refractivity contribution in [1.29, 1.82) is 0 Å². The summed E-state index contributed by atoms with van der Waals surface area (Å²) in [7, 11) is 2.12. The highest BCUT2D eigenvalue weighted by atomic mass is 16.5. The first-order valence-corrected chi connectivity index (χ1v) is 8.78. The van der Waals surface area contributed by atoms with E-state index >= 15 is 0 Å². The molecule has 0 aliphatic carbocycles. The van der Waals surface area contributed by atoms with Crippen molar-refractivity contribution in [2.24, 2.45) is 16.5 Å². The van der Waals surface area contributed by atoms with E-state index in [0.29, 0.717) is 29.8 Å². The number of piperidine rings is 1. The number of rotatable bonds is 5. The monoisotopic (exact) mass is 348 g/mol. The number of amidine groups is 1. The van der Waals surface area contributed by atoms with Crippen molar-refractivity contribution in [2.45, 2.75) is 50.9 Å². The number of aromatic nitrogens is 1. The molecule has 0 saturated carbocycles. The standard InChI is InChI=1S/C17H28N6O2/c1-11(2)14-8-13(25-22-14)10-17(19)20-15(18)9-16(21-17)24-12-4-6-23(3)7-5-12/h8-9,11-12,21H,4-7,10,19H2,1-3H3,(H2,18,20). The van der Waals surface area contributed by atoms with E-state index in [1.54, 1.807) is 6.08 Å². The van der Waals surface area contributed by atoms with Crippen LogP contribution in [0.15, 0.2) is 27.5 Å². The van der Waals surface area contributed by atoms with E-state index in [-0.39, 0.29) is 6.10 Å². The van der Waals surface area contributed by atoms with Crippen molar-refractivity contribution in [3.05, 3.63) is 29.5 Å². The van der Waals surface area contributed by atoms with E-state index in [9.17, 15) is 0 Å². The second-order valence-corrected chi connectivity index (χ2v) is 7.26. The summed E-state index contributed by atoms with van der Waals surface area (Å²) in [6, 6.07) is 1.91. The molecule has 0 bridgehead atoms. The van der Waals surface area contributed by atoms with Crippen LogP contribution >= 0.6 is 0 Å². The van der Waals surface area contributed by atoms with E-state index in [0.717, 1.165) is 31.6 Å². The summed E-state index contributed by atoms with van der Waals surface area (Å²) in [4.78, 5) is 6.62. The highest BCUT2D eigenvalue weighted by Gasteiger charge is 2.32. The summed E-state index contributed by atoms with van der Waals surface area (Å²) in [5, 5.41) is 7.22. The number of hydrogen-bond donors (Lipinski definition) is 3. The zero-order valence-electron chi connectivity index (χ0n) is 15.2. The first-order valence-electron chi connectivity index (χ1n) is 8.78. The predicted molar refractivity (Wildman–Crippen MR) is 95.7 cm³/mol. The van der Waals surface area contributed by atoms with Crippen LogP contribution in [0.3, 0.4) is 0 Å². The lowest BCUT2D eigenvalue weighted by atomic mass is 10.1. The van der Waals surface area contributed by atoms with Crippen LogP contribution in [0.2, 0.25) is 0 Å². The number of likely N-dealkylation sites (tertiary alicyclic amines) is 1. The molecular weight excluding hydrogens is 320 g/mol. The molecule has 3 heterocycles. The van der Waals surface area contributed by atoms with E-state index in [1.165, 1.54) is 0 Å². The van der Waals surface area contributed by atoms with Gasteiger partial charge < -0.3 is 25.2 Å². The second-order valence-electron chi connectivity index (χ2n) is 7.26. The van der Waals surface area contributed by atoms with Crippen LogP contribution in [0.25, 0.3) is 0 Å². The molecule has 8 heteroatoms. The van der Waals surface area contributed by atoms with Crippen LogP contribution in [0, 0.1) is 0 Å². The third-order valence-corrected chi connectivity index (χ3v) is 4.52. The zero-order chi connectivity index (χ0) is 18.0. The maximum Gasteiger partial charge on any atom is 0.194 e. The Kier molecular flexibility index (Phi) is 5.01. The molecule has 0 aromatic carbocycles. The second kappa shape index (κ2) is 7.05. The van der Waals surface area contributed by atoms with E-state index < -0.39 is 5.79 Å². The third kappa shape index (κ3) is 4.52. The number of aliphatic imine (C=N–C) groups is 1. The van der Waals surface area contributed by atoms with Crippen molar-refractivity contribution >= 4 is 5.84 Å². The fourth-order valence-electron chi connectivity index (χ4n) is 3.05. The fourth-order valence-corrected chi connectivity index (χ4v) is 3.05. The molecule has 0 radical (unpaired) electrons. The SMILES string of the molecule is CC(C)c1cc(CC2(N)N=C(N)C=C(OC3CCN(C)CC3)N2)on1. The molecule has 8 nitrogen and oxygen atoms in total. The minimum Gasteiger partial charge on any atom is -0.476 e. The number of nitrogens with zero attached hydrogens (tertiary/aromatic N) is 3.